The molecule has 0 spiro atoms. The van der Waals surface area contributed by atoms with Gasteiger partial charge in [0.1, 0.15) is 5.69 Å². The van der Waals surface area contributed by atoms with Crippen LogP contribution in [0.1, 0.15) is 5.69 Å². The summed E-state index contributed by atoms with van der Waals surface area (Å²) in [6.07, 6.45) is 1.26. The van der Waals surface area contributed by atoms with Crippen molar-refractivity contribution in [1.29, 1.82) is 0 Å². The molecule has 0 saturated heterocycles. The quantitative estimate of drug-likeness (QED) is 0.725. The standard InChI is InChI=1S/C8H10F2N2O/c9-8(10,6(11)5-13)7-3-1-2-4-12-7/h1-4,6,13H,5,11H2/t6-/m0/s1. The van der Waals surface area contributed by atoms with Gasteiger partial charge >= 0.3 is 5.92 Å². The fraction of sp³-hybridized carbons (Fsp3) is 0.375. The first-order chi connectivity index (χ1) is 6.09. The summed E-state index contributed by atoms with van der Waals surface area (Å²) in [6.45, 7) is -0.774. The molecule has 0 amide bonds. The van der Waals surface area contributed by atoms with Crippen LogP contribution in [0.5, 0.6) is 0 Å². The number of aliphatic hydroxyl groups excluding tert-OH is 1. The van der Waals surface area contributed by atoms with Crippen molar-refractivity contribution in [3.05, 3.63) is 30.1 Å². The van der Waals surface area contributed by atoms with Crippen LogP contribution in [-0.2, 0) is 5.92 Å². The first-order valence-electron chi connectivity index (χ1n) is 3.74. The molecule has 0 aliphatic heterocycles. The summed E-state index contributed by atoms with van der Waals surface area (Å²) in [5, 5.41) is 8.50. The van der Waals surface area contributed by atoms with Gasteiger partial charge in [-0.3, -0.25) is 4.98 Å². The highest BCUT2D eigenvalue weighted by Gasteiger charge is 2.39. The lowest BCUT2D eigenvalue weighted by Crippen LogP contribution is -2.42. The van der Waals surface area contributed by atoms with Crippen molar-refractivity contribution >= 4 is 0 Å². The Hall–Kier alpha value is -1.07. The molecule has 0 bridgehead atoms. The Kier molecular flexibility index (Phi) is 2.90. The van der Waals surface area contributed by atoms with Crippen molar-refractivity contribution in [2.75, 3.05) is 6.61 Å². The number of aliphatic hydroxyl groups is 1. The molecule has 13 heavy (non-hydrogen) atoms. The molecular formula is C8H10F2N2O. The molecule has 1 rings (SSSR count). The van der Waals surface area contributed by atoms with Crippen molar-refractivity contribution in [3.8, 4) is 0 Å². The number of nitrogens with zero attached hydrogens (tertiary/aromatic N) is 1. The largest absolute Gasteiger partial charge is 0.395 e. The Morgan fingerprint density at radius 3 is 2.69 bits per heavy atom. The fourth-order valence-corrected chi connectivity index (χ4v) is 0.865. The van der Waals surface area contributed by atoms with Crippen LogP contribution in [0.4, 0.5) is 8.78 Å². The topological polar surface area (TPSA) is 59.1 Å². The number of pyridine rings is 1. The molecule has 0 unspecified atom stereocenters. The molecule has 0 saturated carbocycles. The van der Waals surface area contributed by atoms with Crippen LogP contribution in [0.2, 0.25) is 0 Å². The summed E-state index contributed by atoms with van der Waals surface area (Å²) in [6, 6.07) is 2.54. The predicted molar refractivity (Wildman–Crippen MR) is 43.2 cm³/mol. The number of hydrogen-bond acceptors (Lipinski definition) is 3. The smallest absolute Gasteiger partial charge is 0.306 e. The average molecular weight is 188 g/mol. The molecule has 3 nitrogen and oxygen atoms in total. The summed E-state index contributed by atoms with van der Waals surface area (Å²) < 4.78 is 26.4. The second-order valence-corrected chi connectivity index (χ2v) is 2.63. The molecular weight excluding hydrogens is 178 g/mol. The first-order valence-corrected chi connectivity index (χ1v) is 3.74. The molecule has 0 aromatic carbocycles. The molecule has 3 N–H and O–H groups in total. The molecule has 0 aliphatic carbocycles. The van der Waals surface area contributed by atoms with Gasteiger partial charge < -0.3 is 10.8 Å². The molecule has 1 aromatic rings. The van der Waals surface area contributed by atoms with E-state index in [1.807, 2.05) is 0 Å². The zero-order valence-electron chi connectivity index (χ0n) is 6.82. The Labute approximate surface area is 74.2 Å². The Morgan fingerprint density at radius 1 is 1.54 bits per heavy atom. The van der Waals surface area contributed by atoms with E-state index >= 15 is 0 Å². The number of hydrogen-bond donors (Lipinski definition) is 2. The van der Waals surface area contributed by atoms with Crippen LogP contribution in [-0.4, -0.2) is 22.7 Å². The molecule has 0 radical (unpaired) electrons. The molecule has 1 aromatic heterocycles. The third-order valence-corrected chi connectivity index (χ3v) is 1.67. The molecule has 0 fully saturated rings. The van der Waals surface area contributed by atoms with Gasteiger partial charge in [0.05, 0.1) is 12.6 Å². The zero-order valence-corrected chi connectivity index (χ0v) is 6.82. The fourth-order valence-electron chi connectivity index (χ4n) is 0.865. The van der Waals surface area contributed by atoms with Crippen molar-refractivity contribution in [2.24, 2.45) is 5.73 Å². The van der Waals surface area contributed by atoms with Gasteiger partial charge in [-0.15, -0.1) is 0 Å². The van der Waals surface area contributed by atoms with Gasteiger partial charge in [-0.05, 0) is 12.1 Å². The summed E-state index contributed by atoms with van der Waals surface area (Å²) in [5.74, 6) is -3.28. The monoisotopic (exact) mass is 188 g/mol. The van der Waals surface area contributed by atoms with E-state index in [9.17, 15) is 8.78 Å². The van der Waals surface area contributed by atoms with Crippen molar-refractivity contribution in [3.63, 3.8) is 0 Å². The first kappa shape index (κ1) is 10.0. The minimum absolute atomic E-state index is 0.420. The molecule has 1 atom stereocenters. The predicted octanol–water partition coefficient (Wildman–Crippen LogP) is 0.493. The number of nitrogens with two attached hydrogens (primary N) is 1. The van der Waals surface area contributed by atoms with Gasteiger partial charge in [0.2, 0.25) is 0 Å². The summed E-state index contributed by atoms with van der Waals surface area (Å²) in [5.41, 5.74) is 4.62. The third kappa shape index (κ3) is 1.99. The second kappa shape index (κ2) is 3.76. The van der Waals surface area contributed by atoms with Gasteiger partial charge in [0.25, 0.3) is 0 Å². The maximum Gasteiger partial charge on any atom is 0.306 e. The van der Waals surface area contributed by atoms with E-state index in [0.29, 0.717) is 0 Å². The summed E-state index contributed by atoms with van der Waals surface area (Å²) in [4.78, 5) is 3.48. The molecule has 72 valence electrons. The number of halogens is 2. The van der Waals surface area contributed by atoms with E-state index in [4.69, 9.17) is 10.8 Å². The number of rotatable bonds is 3. The van der Waals surface area contributed by atoms with Gasteiger partial charge in [-0.1, -0.05) is 6.07 Å². The van der Waals surface area contributed by atoms with Crippen molar-refractivity contribution < 1.29 is 13.9 Å². The van der Waals surface area contributed by atoms with E-state index < -0.39 is 24.3 Å². The maximum absolute atomic E-state index is 13.2. The van der Waals surface area contributed by atoms with Crippen LogP contribution in [0.15, 0.2) is 24.4 Å². The Bertz CT molecular complexity index is 266. The second-order valence-electron chi connectivity index (χ2n) is 2.63. The van der Waals surface area contributed by atoms with E-state index in [2.05, 4.69) is 4.98 Å². The lowest BCUT2D eigenvalue weighted by molar-refractivity contribution is -0.0501. The highest BCUT2D eigenvalue weighted by atomic mass is 19.3. The summed E-state index contributed by atoms with van der Waals surface area (Å²) >= 11 is 0. The number of aromatic nitrogens is 1. The highest BCUT2D eigenvalue weighted by Crippen LogP contribution is 2.28. The van der Waals surface area contributed by atoms with Crippen molar-refractivity contribution in [2.45, 2.75) is 12.0 Å². The Balaban J connectivity index is 2.93. The van der Waals surface area contributed by atoms with E-state index in [-0.39, 0.29) is 0 Å². The van der Waals surface area contributed by atoms with E-state index in [1.165, 1.54) is 24.4 Å². The molecule has 0 aliphatic rings. The lowest BCUT2D eigenvalue weighted by atomic mass is 10.1. The Morgan fingerprint density at radius 2 is 2.23 bits per heavy atom. The van der Waals surface area contributed by atoms with Crippen LogP contribution < -0.4 is 5.73 Å². The van der Waals surface area contributed by atoms with Gasteiger partial charge in [-0.25, -0.2) is 0 Å². The van der Waals surface area contributed by atoms with Crippen LogP contribution in [0.3, 0.4) is 0 Å². The van der Waals surface area contributed by atoms with E-state index in [0.717, 1.165) is 0 Å². The van der Waals surface area contributed by atoms with Gasteiger partial charge in [0, 0.05) is 6.20 Å². The SMILES string of the molecule is N[C@@H](CO)C(F)(F)c1ccccn1. The van der Waals surface area contributed by atoms with Gasteiger partial charge in [0.15, 0.2) is 0 Å². The van der Waals surface area contributed by atoms with E-state index in [1.54, 1.807) is 0 Å². The maximum atomic E-state index is 13.2. The average Bonchev–Trinajstić information content (AvgIpc) is 2.18. The third-order valence-electron chi connectivity index (χ3n) is 1.67. The zero-order chi connectivity index (χ0) is 9.90. The van der Waals surface area contributed by atoms with Crippen LogP contribution in [0.25, 0.3) is 0 Å². The molecule has 5 heteroatoms. The molecule has 1 heterocycles. The van der Waals surface area contributed by atoms with Crippen LogP contribution in [0, 0.1) is 0 Å². The minimum Gasteiger partial charge on any atom is -0.395 e. The lowest BCUT2D eigenvalue weighted by Gasteiger charge is -2.20. The highest BCUT2D eigenvalue weighted by molar-refractivity contribution is 5.12. The van der Waals surface area contributed by atoms with Crippen LogP contribution >= 0.6 is 0 Å². The normalized spacial score (nSPS) is 14.2. The van der Waals surface area contributed by atoms with Crippen molar-refractivity contribution in [1.82, 2.24) is 4.98 Å². The van der Waals surface area contributed by atoms with Gasteiger partial charge in [-0.2, -0.15) is 8.78 Å². The number of alkyl halides is 2. The summed E-state index contributed by atoms with van der Waals surface area (Å²) in [7, 11) is 0. The minimum atomic E-state index is -3.28.